The summed E-state index contributed by atoms with van der Waals surface area (Å²) in [4.78, 5) is 8.53. The van der Waals surface area contributed by atoms with Crippen molar-refractivity contribution in [2.45, 2.75) is 26.3 Å². The van der Waals surface area contributed by atoms with Crippen molar-refractivity contribution in [1.82, 2.24) is 9.97 Å². The van der Waals surface area contributed by atoms with Crippen LogP contribution in [0.25, 0.3) is 0 Å². The number of halogens is 1. The highest BCUT2D eigenvalue weighted by Crippen LogP contribution is 2.20. The topological polar surface area (TPSA) is 61.6 Å². The lowest BCUT2D eigenvalue weighted by Gasteiger charge is -2.15. The van der Waals surface area contributed by atoms with Crippen molar-refractivity contribution < 1.29 is 0 Å². The molecular formula is C15H15ClN4. The molecule has 4 nitrogen and oxygen atoms in total. The van der Waals surface area contributed by atoms with Gasteiger partial charge in [0.15, 0.2) is 0 Å². The van der Waals surface area contributed by atoms with E-state index < -0.39 is 0 Å². The van der Waals surface area contributed by atoms with Gasteiger partial charge in [0.05, 0.1) is 11.6 Å². The summed E-state index contributed by atoms with van der Waals surface area (Å²) in [7, 11) is 0. The molecule has 2 aromatic rings. The molecule has 0 spiro atoms. The largest absolute Gasteiger partial charge is 0.363 e. The predicted molar refractivity (Wildman–Crippen MR) is 79.6 cm³/mol. The van der Waals surface area contributed by atoms with Crippen LogP contribution in [0.1, 0.15) is 36.8 Å². The van der Waals surface area contributed by atoms with Crippen LogP contribution in [0.5, 0.6) is 0 Å². The SMILES string of the molecule is CCc1nc(Cl)cc(NC(C)c2ccc(C#N)cc2)n1. The molecule has 0 radical (unpaired) electrons. The molecule has 0 fully saturated rings. The summed E-state index contributed by atoms with van der Waals surface area (Å²) in [5.41, 5.74) is 1.73. The zero-order chi connectivity index (χ0) is 14.5. The summed E-state index contributed by atoms with van der Waals surface area (Å²) in [5.74, 6) is 1.42. The molecule has 2 rings (SSSR count). The van der Waals surface area contributed by atoms with Gasteiger partial charge in [0, 0.05) is 18.5 Å². The highest BCUT2D eigenvalue weighted by Gasteiger charge is 2.08. The van der Waals surface area contributed by atoms with Crippen LogP contribution in [0.3, 0.4) is 0 Å². The van der Waals surface area contributed by atoms with Crippen LogP contribution in [0, 0.1) is 11.3 Å². The Morgan fingerprint density at radius 3 is 2.60 bits per heavy atom. The summed E-state index contributed by atoms with van der Waals surface area (Å²) in [6.07, 6.45) is 0.737. The first-order valence-electron chi connectivity index (χ1n) is 6.42. The number of hydrogen-bond donors (Lipinski definition) is 1. The molecule has 0 aliphatic carbocycles. The molecule has 0 saturated heterocycles. The molecule has 1 unspecified atom stereocenters. The minimum absolute atomic E-state index is 0.0680. The quantitative estimate of drug-likeness (QED) is 0.870. The Balaban J connectivity index is 2.16. The van der Waals surface area contributed by atoms with Crippen molar-refractivity contribution in [3.8, 4) is 6.07 Å². The highest BCUT2D eigenvalue weighted by molar-refractivity contribution is 6.29. The Bertz CT molecular complexity index is 631. The van der Waals surface area contributed by atoms with Crippen molar-refractivity contribution in [1.29, 1.82) is 5.26 Å². The fourth-order valence-corrected chi connectivity index (χ4v) is 2.05. The van der Waals surface area contributed by atoms with Crippen molar-refractivity contribution in [3.63, 3.8) is 0 Å². The number of nitrogens with one attached hydrogen (secondary N) is 1. The second kappa shape index (κ2) is 6.36. The Hall–Kier alpha value is -2.12. The van der Waals surface area contributed by atoms with Crippen LogP contribution >= 0.6 is 11.6 Å². The van der Waals surface area contributed by atoms with E-state index in [-0.39, 0.29) is 6.04 Å². The first-order chi connectivity index (χ1) is 9.62. The normalized spacial score (nSPS) is 11.7. The number of benzene rings is 1. The summed E-state index contributed by atoms with van der Waals surface area (Å²) < 4.78 is 0. The molecule has 102 valence electrons. The lowest BCUT2D eigenvalue weighted by Crippen LogP contribution is -2.09. The van der Waals surface area contributed by atoms with Crippen molar-refractivity contribution in [3.05, 3.63) is 52.4 Å². The summed E-state index contributed by atoms with van der Waals surface area (Å²) in [6, 6.07) is 11.4. The average Bonchev–Trinajstić information content (AvgIpc) is 2.46. The zero-order valence-electron chi connectivity index (χ0n) is 11.4. The first-order valence-corrected chi connectivity index (χ1v) is 6.80. The third-order valence-electron chi connectivity index (χ3n) is 2.96. The fraction of sp³-hybridized carbons (Fsp3) is 0.267. The molecule has 1 aromatic carbocycles. The first kappa shape index (κ1) is 14.3. The fourth-order valence-electron chi connectivity index (χ4n) is 1.85. The van der Waals surface area contributed by atoms with Gasteiger partial charge in [0.25, 0.3) is 0 Å². The lowest BCUT2D eigenvalue weighted by atomic mass is 10.1. The van der Waals surface area contributed by atoms with E-state index >= 15 is 0 Å². The number of hydrogen-bond acceptors (Lipinski definition) is 4. The van der Waals surface area contributed by atoms with Gasteiger partial charge in [0.1, 0.15) is 16.8 Å². The van der Waals surface area contributed by atoms with E-state index in [0.717, 1.165) is 12.0 Å². The van der Waals surface area contributed by atoms with E-state index in [4.69, 9.17) is 16.9 Å². The van der Waals surface area contributed by atoms with Crippen LogP contribution in [0.4, 0.5) is 5.82 Å². The Morgan fingerprint density at radius 2 is 2.00 bits per heavy atom. The van der Waals surface area contributed by atoms with E-state index in [0.29, 0.717) is 22.4 Å². The third kappa shape index (κ3) is 3.46. The predicted octanol–water partition coefficient (Wildman–Crippen LogP) is 3.74. The molecule has 0 saturated carbocycles. The minimum Gasteiger partial charge on any atom is -0.363 e. The maximum atomic E-state index is 8.79. The van der Waals surface area contributed by atoms with Crippen LogP contribution < -0.4 is 5.32 Å². The Labute approximate surface area is 123 Å². The summed E-state index contributed by atoms with van der Waals surface area (Å²) in [6.45, 7) is 4.02. The van der Waals surface area contributed by atoms with E-state index in [2.05, 4.69) is 21.4 Å². The standard InChI is InChI=1S/C15H15ClN4/c1-3-14-19-13(16)8-15(20-14)18-10(2)12-6-4-11(9-17)5-7-12/h4-8,10H,3H2,1-2H3,(H,18,19,20). The molecule has 20 heavy (non-hydrogen) atoms. The van der Waals surface area contributed by atoms with Crippen LogP contribution in [0.15, 0.2) is 30.3 Å². The van der Waals surface area contributed by atoms with Gasteiger partial charge in [-0.15, -0.1) is 0 Å². The van der Waals surface area contributed by atoms with Gasteiger partial charge < -0.3 is 5.32 Å². The molecule has 0 amide bonds. The molecule has 1 aromatic heterocycles. The Morgan fingerprint density at radius 1 is 1.30 bits per heavy atom. The molecule has 1 heterocycles. The van der Waals surface area contributed by atoms with Gasteiger partial charge in [-0.05, 0) is 24.6 Å². The second-order valence-electron chi connectivity index (χ2n) is 4.45. The summed E-state index contributed by atoms with van der Waals surface area (Å²) >= 11 is 5.97. The van der Waals surface area contributed by atoms with E-state index in [9.17, 15) is 0 Å². The van der Waals surface area contributed by atoms with Gasteiger partial charge in [0.2, 0.25) is 0 Å². The Kier molecular flexibility index (Phi) is 4.54. The maximum Gasteiger partial charge on any atom is 0.134 e. The molecule has 0 aliphatic rings. The van der Waals surface area contributed by atoms with Crippen LogP contribution in [-0.2, 0) is 6.42 Å². The number of nitriles is 1. The van der Waals surface area contributed by atoms with Crippen molar-refractivity contribution >= 4 is 17.4 Å². The maximum absolute atomic E-state index is 8.79. The molecule has 0 bridgehead atoms. The zero-order valence-corrected chi connectivity index (χ0v) is 12.1. The monoisotopic (exact) mass is 286 g/mol. The molecule has 1 atom stereocenters. The van der Waals surface area contributed by atoms with Crippen molar-refractivity contribution in [2.24, 2.45) is 0 Å². The summed E-state index contributed by atoms with van der Waals surface area (Å²) in [5, 5.41) is 12.5. The average molecular weight is 287 g/mol. The number of nitrogens with zero attached hydrogens (tertiary/aromatic N) is 3. The van der Waals surface area contributed by atoms with E-state index in [1.54, 1.807) is 18.2 Å². The lowest BCUT2D eigenvalue weighted by molar-refractivity contribution is 0.857. The molecular weight excluding hydrogens is 272 g/mol. The van der Waals surface area contributed by atoms with Gasteiger partial charge in [-0.3, -0.25) is 0 Å². The number of rotatable bonds is 4. The van der Waals surface area contributed by atoms with Gasteiger partial charge in [-0.1, -0.05) is 30.7 Å². The van der Waals surface area contributed by atoms with Gasteiger partial charge in [-0.2, -0.15) is 5.26 Å². The molecule has 5 heteroatoms. The molecule has 0 aliphatic heterocycles. The number of anilines is 1. The van der Waals surface area contributed by atoms with Gasteiger partial charge in [-0.25, -0.2) is 9.97 Å². The highest BCUT2D eigenvalue weighted by atomic mass is 35.5. The molecule has 1 N–H and O–H groups in total. The van der Waals surface area contributed by atoms with E-state index in [1.165, 1.54) is 0 Å². The number of aromatic nitrogens is 2. The minimum atomic E-state index is 0.0680. The van der Waals surface area contributed by atoms with Gasteiger partial charge >= 0.3 is 0 Å². The van der Waals surface area contributed by atoms with Crippen LogP contribution in [-0.4, -0.2) is 9.97 Å². The van der Waals surface area contributed by atoms with E-state index in [1.807, 2.05) is 26.0 Å². The second-order valence-corrected chi connectivity index (χ2v) is 4.83. The van der Waals surface area contributed by atoms with Crippen molar-refractivity contribution in [2.75, 3.05) is 5.32 Å². The smallest absolute Gasteiger partial charge is 0.134 e. The van der Waals surface area contributed by atoms with Crippen LogP contribution in [0.2, 0.25) is 5.15 Å². The number of aryl methyl sites for hydroxylation is 1. The third-order valence-corrected chi connectivity index (χ3v) is 3.16.